The normalized spacial score (nSPS) is 15.1. The maximum Gasteiger partial charge on any atom is 0.337 e. The summed E-state index contributed by atoms with van der Waals surface area (Å²) in [6.07, 6.45) is 5.00. The number of methoxy groups -OCH3 is 1. The highest BCUT2D eigenvalue weighted by molar-refractivity contribution is 6.00. The molecule has 1 aromatic carbocycles. The fraction of sp³-hybridized carbons (Fsp3) is 0.467. The number of anilines is 1. The van der Waals surface area contributed by atoms with Crippen LogP contribution in [-0.4, -0.2) is 24.1 Å². The number of aromatic carboxylic acids is 1. The first-order chi connectivity index (χ1) is 9.60. The van der Waals surface area contributed by atoms with Gasteiger partial charge in [-0.1, -0.05) is 12.8 Å². The molecule has 5 heteroatoms. The average Bonchev–Trinajstić information content (AvgIpc) is 2.91. The van der Waals surface area contributed by atoms with Crippen LogP contribution in [0.2, 0.25) is 0 Å². The largest absolute Gasteiger partial charge is 0.497 e. The van der Waals surface area contributed by atoms with Gasteiger partial charge in [0.05, 0.1) is 18.4 Å². The summed E-state index contributed by atoms with van der Waals surface area (Å²) < 4.78 is 5.00. The minimum Gasteiger partial charge on any atom is -0.497 e. The van der Waals surface area contributed by atoms with Gasteiger partial charge in [-0.3, -0.25) is 4.79 Å². The van der Waals surface area contributed by atoms with E-state index in [4.69, 9.17) is 4.74 Å². The number of carbonyl (C=O) groups excluding carboxylic acids is 1. The maximum atomic E-state index is 12.0. The van der Waals surface area contributed by atoms with E-state index in [2.05, 4.69) is 5.32 Å². The second-order valence-corrected chi connectivity index (χ2v) is 5.12. The molecule has 0 heterocycles. The molecule has 5 nitrogen and oxygen atoms in total. The standard InChI is InChI=1S/C15H19NO4/c1-20-11-6-7-13(12(9-11)15(18)19)16-14(17)8-10-4-2-3-5-10/h6-7,9-10H,2-5,8H2,1H3,(H,16,17)(H,18,19). The van der Waals surface area contributed by atoms with Crippen molar-refractivity contribution < 1.29 is 19.4 Å². The first kappa shape index (κ1) is 14.4. The summed E-state index contributed by atoms with van der Waals surface area (Å²) >= 11 is 0. The first-order valence-corrected chi connectivity index (χ1v) is 6.81. The molecule has 1 aromatic rings. The third kappa shape index (κ3) is 3.50. The minimum absolute atomic E-state index is 0.0455. The van der Waals surface area contributed by atoms with E-state index >= 15 is 0 Å². The number of amides is 1. The molecule has 0 saturated heterocycles. The highest BCUT2D eigenvalue weighted by atomic mass is 16.5. The first-order valence-electron chi connectivity index (χ1n) is 6.81. The van der Waals surface area contributed by atoms with Gasteiger partial charge < -0.3 is 15.2 Å². The van der Waals surface area contributed by atoms with E-state index in [0.717, 1.165) is 12.8 Å². The molecular weight excluding hydrogens is 258 g/mol. The van der Waals surface area contributed by atoms with E-state index < -0.39 is 5.97 Å². The molecule has 0 spiro atoms. The zero-order chi connectivity index (χ0) is 14.5. The van der Waals surface area contributed by atoms with Crippen LogP contribution in [0.25, 0.3) is 0 Å². The Labute approximate surface area is 117 Å². The second kappa shape index (κ2) is 6.41. The lowest BCUT2D eigenvalue weighted by molar-refractivity contribution is -0.117. The van der Waals surface area contributed by atoms with E-state index in [1.54, 1.807) is 12.1 Å². The SMILES string of the molecule is COc1ccc(NC(=O)CC2CCCC2)c(C(=O)O)c1. The number of rotatable bonds is 5. The van der Waals surface area contributed by atoms with Crippen LogP contribution in [0.3, 0.4) is 0 Å². The Balaban J connectivity index is 2.07. The van der Waals surface area contributed by atoms with Crippen LogP contribution in [-0.2, 0) is 4.79 Å². The van der Waals surface area contributed by atoms with Crippen molar-refractivity contribution in [3.05, 3.63) is 23.8 Å². The molecular formula is C15H19NO4. The fourth-order valence-corrected chi connectivity index (χ4v) is 2.61. The lowest BCUT2D eigenvalue weighted by Gasteiger charge is -2.12. The van der Waals surface area contributed by atoms with Crippen molar-refractivity contribution in [2.45, 2.75) is 32.1 Å². The summed E-state index contributed by atoms with van der Waals surface area (Å²) in [6, 6.07) is 4.61. The molecule has 108 valence electrons. The predicted molar refractivity (Wildman–Crippen MR) is 75.2 cm³/mol. The monoisotopic (exact) mass is 277 g/mol. The molecule has 1 amide bonds. The Morgan fingerprint density at radius 3 is 2.65 bits per heavy atom. The fourth-order valence-electron chi connectivity index (χ4n) is 2.61. The molecule has 0 aromatic heterocycles. The number of ether oxygens (including phenoxy) is 1. The van der Waals surface area contributed by atoms with Gasteiger partial charge in [0.2, 0.25) is 5.91 Å². The van der Waals surface area contributed by atoms with Crippen LogP contribution in [0.1, 0.15) is 42.5 Å². The van der Waals surface area contributed by atoms with Crippen LogP contribution < -0.4 is 10.1 Å². The molecule has 0 radical (unpaired) electrons. The summed E-state index contributed by atoms with van der Waals surface area (Å²) in [4.78, 5) is 23.2. The molecule has 1 fully saturated rings. The summed E-state index contributed by atoms with van der Waals surface area (Å²) in [5.74, 6) is -0.317. The Hall–Kier alpha value is -2.04. The van der Waals surface area contributed by atoms with E-state index in [9.17, 15) is 14.7 Å². The molecule has 2 N–H and O–H groups in total. The van der Waals surface area contributed by atoms with Crippen LogP contribution in [0, 0.1) is 5.92 Å². The highest BCUT2D eigenvalue weighted by Gasteiger charge is 2.20. The van der Waals surface area contributed by atoms with Crippen molar-refractivity contribution in [1.82, 2.24) is 0 Å². The zero-order valence-electron chi connectivity index (χ0n) is 11.5. The topological polar surface area (TPSA) is 75.6 Å². The van der Waals surface area contributed by atoms with Gasteiger partial charge in [0.25, 0.3) is 0 Å². The molecule has 1 aliphatic rings. The minimum atomic E-state index is -1.08. The molecule has 1 aliphatic carbocycles. The summed E-state index contributed by atoms with van der Waals surface area (Å²) in [5.41, 5.74) is 0.366. The molecule has 2 rings (SSSR count). The molecule has 0 aliphatic heterocycles. The van der Waals surface area contributed by atoms with Crippen molar-refractivity contribution in [1.29, 1.82) is 0 Å². The molecule has 0 bridgehead atoms. The second-order valence-electron chi connectivity index (χ2n) is 5.12. The van der Waals surface area contributed by atoms with Gasteiger partial charge >= 0.3 is 5.97 Å². The number of carboxylic acid groups (broad SMARTS) is 1. The van der Waals surface area contributed by atoms with E-state index in [1.165, 1.54) is 26.0 Å². The van der Waals surface area contributed by atoms with E-state index in [1.807, 2.05) is 0 Å². The van der Waals surface area contributed by atoms with Crippen molar-refractivity contribution in [3.8, 4) is 5.75 Å². The number of nitrogens with one attached hydrogen (secondary N) is 1. The lowest BCUT2D eigenvalue weighted by atomic mass is 10.0. The molecule has 20 heavy (non-hydrogen) atoms. The summed E-state index contributed by atoms with van der Waals surface area (Å²) in [6.45, 7) is 0. The van der Waals surface area contributed by atoms with Gasteiger partial charge in [0.1, 0.15) is 5.75 Å². The van der Waals surface area contributed by atoms with Crippen LogP contribution in [0.5, 0.6) is 5.75 Å². The van der Waals surface area contributed by atoms with Crippen LogP contribution in [0.15, 0.2) is 18.2 Å². The van der Waals surface area contributed by atoms with Gasteiger partial charge in [0, 0.05) is 6.42 Å². The van der Waals surface area contributed by atoms with Crippen molar-refractivity contribution >= 4 is 17.6 Å². The van der Waals surface area contributed by atoms with Gasteiger partial charge in [-0.15, -0.1) is 0 Å². The number of hydrogen-bond donors (Lipinski definition) is 2. The third-order valence-electron chi connectivity index (χ3n) is 3.68. The van der Waals surface area contributed by atoms with Crippen molar-refractivity contribution in [3.63, 3.8) is 0 Å². The molecule has 0 atom stereocenters. The smallest absolute Gasteiger partial charge is 0.337 e. The van der Waals surface area contributed by atoms with Crippen molar-refractivity contribution in [2.24, 2.45) is 5.92 Å². The number of carboxylic acids is 1. The Morgan fingerprint density at radius 1 is 1.35 bits per heavy atom. The summed E-state index contributed by atoms with van der Waals surface area (Å²) in [5, 5.41) is 11.9. The van der Waals surface area contributed by atoms with Crippen molar-refractivity contribution in [2.75, 3.05) is 12.4 Å². The average molecular weight is 277 g/mol. The molecule has 1 saturated carbocycles. The Morgan fingerprint density at radius 2 is 2.05 bits per heavy atom. The van der Waals surface area contributed by atoms with Crippen LogP contribution >= 0.6 is 0 Å². The maximum absolute atomic E-state index is 12.0. The number of hydrogen-bond acceptors (Lipinski definition) is 3. The van der Waals surface area contributed by atoms with Crippen LogP contribution in [0.4, 0.5) is 5.69 Å². The summed E-state index contributed by atoms with van der Waals surface area (Å²) in [7, 11) is 1.47. The highest BCUT2D eigenvalue weighted by Crippen LogP contribution is 2.28. The third-order valence-corrected chi connectivity index (χ3v) is 3.68. The Bertz CT molecular complexity index is 507. The molecule has 0 unspecified atom stereocenters. The number of benzene rings is 1. The van der Waals surface area contributed by atoms with Gasteiger partial charge in [-0.05, 0) is 37.0 Å². The Kier molecular flexibility index (Phi) is 4.61. The lowest BCUT2D eigenvalue weighted by Crippen LogP contribution is -2.17. The van der Waals surface area contributed by atoms with E-state index in [-0.39, 0.29) is 11.5 Å². The predicted octanol–water partition coefficient (Wildman–Crippen LogP) is 2.91. The van der Waals surface area contributed by atoms with Gasteiger partial charge in [0.15, 0.2) is 0 Å². The van der Waals surface area contributed by atoms with E-state index in [0.29, 0.717) is 23.8 Å². The zero-order valence-corrected chi connectivity index (χ0v) is 11.5. The quantitative estimate of drug-likeness (QED) is 0.867. The van der Waals surface area contributed by atoms with Gasteiger partial charge in [-0.25, -0.2) is 4.79 Å². The number of carbonyl (C=O) groups is 2. The van der Waals surface area contributed by atoms with Gasteiger partial charge in [-0.2, -0.15) is 0 Å².